The molecule has 3 heteroatoms. The number of likely N-dealkylation sites (N-methyl/N-ethyl adjacent to an activating group) is 1. The summed E-state index contributed by atoms with van der Waals surface area (Å²) in [5.41, 5.74) is 2.50. The molecule has 16 heavy (non-hydrogen) atoms. The highest BCUT2D eigenvalue weighted by molar-refractivity contribution is 9.10. The fraction of sp³-hybridized carbons (Fsp3) is 0.538. The standard InChI is InChI=1S/C13H18BrNO/c1-4-5-11-12(15-3)10-7-9(14)6-8(2)13(10)16-11/h6-7,11-12,15H,4-5H2,1-3H3. The summed E-state index contributed by atoms with van der Waals surface area (Å²) in [6, 6.07) is 4.60. The van der Waals surface area contributed by atoms with Gasteiger partial charge in [0.25, 0.3) is 0 Å². The summed E-state index contributed by atoms with van der Waals surface area (Å²) in [5.74, 6) is 1.07. The van der Waals surface area contributed by atoms with Gasteiger partial charge in [0.2, 0.25) is 0 Å². The van der Waals surface area contributed by atoms with Crippen LogP contribution in [0.15, 0.2) is 16.6 Å². The smallest absolute Gasteiger partial charge is 0.127 e. The van der Waals surface area contributed by atoms with Crippen LogP contribution in [-0.4, -0.2) is 13.2 Å². The summed E-state index contributed by atoms with van der Waals surface area (Å²) < 4.78 is 7.18. The third-order valence-electron chi connectivity index (χ3n) is 3.13. The molecule has 1 aliphatic heterocycles. The van der Waals surface area contributed by atoms with Crippen LogP contribution in [0.5, 0.6) is 5.75 Å². The van der Waals surface area contributed by atoms with Gasteiger partial charge >= 0.3 is 0 Å². The van der Waals surface area contributed by atoms with Crippen LogP contribution in [0.4, 0.5) is 0 Å². The third-order valence-corrected chi connectivity index (χ3v) is 3.59. The van der Waals surface area contributed by atoms with Gasteiger partial charge in [0.1, 0.15) is 11.9 Å². The van der Waals surface area contributed by atoms with Crippen molar-refractivity contribution in [3.8, 4) is 5.75 Å². The fourth-order valence-electron chi connectivity index (χ4n) is 2.42. The largest absolute Gasteiger partial charge is 0.488 e. The van der Waals surface area contributed by atoms with Gasteiger partial charge in [-0.1, -0.05) is 29.3 Å². The lowest BCUT2D eigenvalue weighted by Crippen LogP contribution is -2.28. The van der Waals surface area contributed by atoms with Crippen LogP contribution in [-0.2, 0) is 0 Å². The maximum Gasteiger partial charge on any atom is 0.127 e. The molecule has 88 valence electrons. The van der Waals surface area contributed by atoms with E-state index in [0.717, 1.165) is 23.1 Å². The van der Waals surface area contributed by atoms with Gasteiger partial charge in [-0.3, -0.25) is 0 Å². The number of hydrogen-bond acceptors (Lipinski definition) is 2. The van der Waals surface area contributed by atoms with E-state index in [9.17, 15) is 0 Å². The Morgan fingerprint density at radius 2 is 2.19 bits per heavy atom. The van der Waals surface area contributed by atoms with Crippen LogP contribution < -0.4 is 10.1 Å². The molecule has 0 saturated heterocycles. The minimum Gasteiger partial charge on any atom is -0.488 e. The van der Waals surface area contributed by atoms with Crippen LogP contribution >= 0.6 is 15.9 Å². The lowest BCUT2D eigenvalue weighted by molar-refractivity contribution is 0.181. The first-order chi connectivity index (χ1) is 7.67. The van der Waals surface area contributed by atoms with Crippen molar-refractivity contribution in [3.05, 3.63) is 27.7 Å². The van der Waals surface area contributed by atoms with Gasteiger partial charge in [0.15, 0.2) is 0 Å². The summed E-state index contributed by atoms with van der Waals surface area (Å²) in [7, 11) is 2.00. The van der Waals surface area contributed by atoms with E-state index in [0.29, 0.717) is 6.04 Å². The Labute approximate surface area is 106 Å². The van der Waals surface area contributed by atoms with Crippen LogP contribution in [0.3, 0.4) is 0 Å². The van der Waals surface area contributed by atoms with E-state index in [2.05, 4.69) is 47.2 Å². The second-order valence-electron chi connectivity index (χ2n) is 4.35. The number of ether oxygens (including phenoxy) is 1. The number of nitrogens with one attached hydrogen (secondary N) is 1. The van der Waals surface area contributed by atoms with Crippen molar-refractivity contribution in [1.29, 1.82) is 0 Å². The topological polar surface area (TPSA) is 21.3 Å². The van der Waals surface area contributed by atoms with E-state index in [1.165, 1.54) is 11.1 Å². The predicted octanol–water partition coefficient (Wildman–Crippen LogP) is 3.58. The zero-order valence-electron chi connectivity index (χ0n) is 10.0. The van der Waals surface area contributed by atoms with Gasteiger partial charge in [-0.25, -0.2) is 0 Å². The molecule has 1 aliphatic rings. The van der Waals surface area contributed by atoms with Crippen molar-refractivity contribution < 1.29 is 4.74 Å². The van der Waals surface area contributed by atoms with E-state index >= 15 is 0 Å². The normalized spacial score (nSPS) is 23.0. The highest BCUT2D eigenvalue weighted by Gasteiger charge is 2.33. The molecule has 0 bridgehead atoms. The molecular weight excluding hydrogens is 266 g/mol. The zero-order valence-corrected chi connectivity index (χ0v) is 11.6. The molecular formula is C13H18BrNO. The predicted molar refractivity (Wildman–Crippen MR) is 70.0 cm³/mol. The maximum atomic E-state index is 6.05. The van der Waals surface area contributed by atoms with E-state index in [1.807, 2.05) is 7.05 Å². The van der Waals surface area contributed by atoms with Gasteiger partial charge in [-0.2, -0.15) is 0 Å². The molecule has 0 saturated carbocycles. The van der Waals surface area contributed by atoms with Crippen LogP contribution in [0.25, 0.3) is 0 Å². The monoisotopic (exact) mass is 283 g/mol. The Hall–Kier alpha value is -0.540. The first-order valence-electron chi connectivity index (χ1n) is 5.81. The Kier molecular flexibility index (Phi) is 3.55. The first kappa shape index (κ1) is 11.9. The van der Waals surface area contributed by atoms with E-state index in [4.69, 9.17) is 4.74 Å². The molecule has 0 radical (unpaired) electrons. The lowest BCUT2D eigenvalue weighted by atomic mass is 9.99. The zero-order chi connectivity index (χ0) is 11.7. The van der Waals surface area contributed by atoms with E-state index < -0.39 is 0 Å². The molecule has 0 aromatic heterocycles. The Bertz CT molecular complexity index is 392. The van der Waals surface area contributed by atoms with Crippen molar-refractivity contribution >= 4 is 15.9 Å². The Morgan fingerprint density at radius 3 is 2.81 bits per heavy atom. The quantitative estimate of drug-likeness (QED) is 0.916. The SMILES string of the molecule is CCCC1Oc2c(C)cc(Br)cc2C1NC. The summed E-state index contributed by atoms with van der Waals surface area (Å²) in [5, 5.41) is 3.36. The number of aryl methyl sites for hydroxylation is 1. The van der Waals surface area contributed by atoms with Crippen molar-refractivity contribution in [2.45, 2.75) is 38.8 Å². The van der Waals surface area contributed by atoms with Crippen LogP contribution in [0.2, 0.25) is 0 Å². The van der Waals surface area contributed by atoms with Crippen molar-refractivity contribution in [3.63, 3.8) is 0 Å². The summed E-state index contributed by atoms with van der Waals surface area (Å²) in [6.07, 6.45) is 2.52. The van der Waals surface area contributed by atoms with Crippen LogP contribution in [0.1, 0.15) is 36.9 Å². The average molecular weight is 284 g/mol. The minimum atomic E-state index is 0.276. The highest BCUT2D eigenvalue weighted by atomic mass is 79.9. The molecule has 0 aliphatic carbocycles. The third kappa shape index (κ3) is 1.98. The van der Waals surface area contributed by atoms with Gasteiger partial charge in [0.05, 0.1) is 6.04 Å². The second kappa shape index (κ2) is 4.76. The molecule has 0 amide bonds. The number of halogens is 1. The number of hydrogen-bond donors (Lipinski definition) is 1. The molecule has 0 spiro atoms. The highest BCUT2D eigenvalue weighted by Crippen LogP contribution is 2.41. The summed E-state index contributed by atoms with van der Waals surface area (Å²) in [6.45, 7) is 4.30. The van der Waals surface area contributed by atoms with E-state index in [-0.39, 0.29) is 6.10 Å². The molecule has 1 aromatic carbocycles. The average Bonchev–Trinajstić information content (AvgIpc) is 2.56. The molecule has 2 nitrogen and oxygen atoms in total. The van der Waals surface area contributed by atoms with Crippen molar-refractivity contribution in [2.75, 3.05) is 7.05 Å². The molecule has 1 aromatic rings. The van der Waals surface area contributed by atoms with E-state index in [1.54, 1.807) is 0 Å². The summed E-state index contributed by atoms with van der Waals surface area (Å²) >= 11 is 3.55. The molecule has 1 N–H and O–H groups in total. The Morgan fingerprint density at radius 1 is 1.44 bits per heavy atom. The number of fused-ring (bicyclic) bond motifs is 1. The lowest BCUT2D eigenvalue weighted by Gasteiger charge is -2.17. The second-order valence-corrected chi connectivity index (χ2v) is 5.27. The molecule has 1 heterocycles. The maximum absolute atomic E-state index is 6.05. The van der Waals surface area contributed by atoms with Gasteiger partial charge in [0, 0.05) is 10.0 Å². The molecule has 2 unspecified atom stereocenters. The van der Waals surface area contributed by atoms with Gasteiger partial charge in [-0.15, -0.1) is 0 Å². The first-order valence-corrected chi connectivity index (χ1v) is 6.60. The fourth-order valence-corrected chi connectivity index (χ4v) is 3.01. The van der Waals surface area contributed by atoms with Gasteiger partial charge in [-0.05, 0) is 38.1 Å². The molecule has 0 fully saturated rings. The number of benzene rings is 1. The Balaban J connectivity index is 2.38. The van der Waals surface area contributed by atoms with Gasteiger partial charge < -0.3 is 10.1 Å². The molecule has 2 atom stereocenters. The number of rotatable bonds is 3. The minimum absolute atomic E-state index is 0.276. The molecule has 2 rings (SSSR count). The van der Waals surface area contributed by atoms with Crippen LogP contribution in [0, 0.1) is 6.92 Å². The van der Waals surface area contributed by atoms with Crippen molar-refractivity contribution in [1.82, 2.24) is 5.32 Å². The van der Waals surface area contributed by atoms with Crippen molar-refractivity contribution in [2.24, 2.45) is 0 Å². The summed E-state index contributed by atoms with van der Waals surface area (Å²) in [4.78, 5) is 0.